The van der Waals surface area contributed by atoms with Gasteiger partial charge in [-0.3, -0.25) is 4.98 Å². The molecule has 1 aromatic carbocycles. The highest BCUT2D eigenvalue weighted by atomic mass is 35.5. The summed E-state index contributed by atoms with van der Waals surface area (Å²) in [6.45, 7) is 4.51. The van der Waals surface area contributed by atoms with Crippen molar-refractivity contribution in [3.8, 4) is 0 Å². The maximum Gasteiger partial charge on any atom is 0.0957 e. The van der Waals surface area contributed by atoms with E-state index < -0.39 is 0 Å². The van der Waals surface area contributed by atoms with Gasteiger partial charge in [0.2, 0.25) is 0 Å². The average Bonchev–Trinajstić information content (AvgIpc) is 2.39. The first-order valence-corrected chi connectivity index (χ1v) is 6.51. The van der Waals surface area contributed by atoms with E-state index in [1.165, 1.54) is 5.56 Å². The lowest BCUT2D eigenvalue weighted by Crippen LogP contribution is -2.33. The van der Waals surface area contributed by atoms with E-state index in [9.17, 15) is 0 Å². The molecule has 18 heavy (non-hydrogen) atoms. The largest absolute Gasteiger partial charge is 0.371 e. The van der Waals surface area contributed by atoms with E-state index in [0.717, 1.165) is 41.3 Å². The lowest BCUT2D eigenvalue weighted by molar-refractivity contribution is 0.0285. The smallest absolute Gasteiger partial charge is 0.0957 e. The third-order valence-electron chi connectivity index (χ3n) is 3.21. The molecule has 1 aliphatic heterocycles. The number of hydrogen-bond donors (Lipinski definition) is 1. The maximum absolute atomic E-state index is 6.09. The zero-order chi connectivity index (χ0) is 12.5. The third-order valence-corrected chi connectivity index (χ3v) is 3.44. The number of hydrogen-bond acceptors (Lipinski definition) is 3. The van der Waals surface area contributed by atoms with Gasteiger partial charge in [-0.1, -0.05) is 11.6 Å². The number of pyridine rings is 1. The first-order chi connectivity index (χ1) is 8.74. The van der Waals surface area contributed by atoms with Crippen LogP contribution in [0.3, 0.4) is 0 Å². The van der Waals surface area contributed by atoms with Crippen molar-refractivity contribution in [2.75, 3.05) is 19.7 Å². The number of halogens is 1. The lowest BCUT2D eigenvalue weighted by atomic mass is 10.0. The molecule has 2 heterocycles. The minimum absolute atomic E-state index is 0.0846. The van der Waals surface area contributed by atoms with Gasteiger partial charge >= 0.3 is 0 Å². The number of rotatable bonds is 1. The molecule has 1 N–H and O–H groups in total. The van der Waals surface area contributed by atoms with Crippen LogP contribution in [0.25, 0.3) is 10.9 Å². The summed E-state index contributed by atoms with van der Waals surface area (Å²) in [5.41, 5.74) is 3.16. The van der Waals surface area contributed by atoms with Crippen LogP contribution < -0.4 is 5.32 Å². The van der Waals surface area contributed by atoms with Crippen LogP contribution in [0.1, 0.15) is 17.4 Å². The maximum atomic E-state index is 6.09. The SMILES string of the molecule is Cc1cc(C2CNCCO2)c2cc(Cl)ccc2n1. The van der Waals surface area contributed by atoms with Gasteiger partial charge in [-0.15, -0.1) is 0 Å². The minimum atomic E-state index is 0.0846. The van der Waals surface area contributed by atoms with Crippen LogP contribution in [-0.4, -0.2) is 24.7 Å². The molecule has 0 aliphatic carbocycles. The molecule has 1 atom stereocenters. The Labute approximate surface area is 111 Å². The molecule has 4 heteroatoms. The predicted octanol–water partition coefficient (Wildman–Crippen LogP) is 2.86. The van der Waals surface area contributed by atoms with Gasteiger partial charge < -0.3 is 10.1 Å². The molecule has 0 amide bonds. The Bertz CT molecular complexity index is 579. The van der Waals surface area contributed by atoms with Gasteiger partial charge in [0.05, 0.1) is 18.2 Å². The van der Waals surface area contributed by atoms with Crippen LogP contribution in [-0.2, 0) is 4.74 Å². The summed E-state index contributed by atoms with van der Waals surface area (Å²) in [5.74, 6) is 0. The fourth-order valence-corrected chi connectivity index (χ4v) is 2.57. The number of fused-ring (bicyclic) bond motifs is 1. The molecule has 1 aromatic heterocycles. The summed E-state index contributed by atoms with van der Waals surface area (Å²) < 4.78 is 5.83. The Morgan fingerprint density at radius 1 is 1.39 bits per heavy atom. The van der Waals surface area contributed by atoms with E-state index in [1.807, 2.05) is 25.1 Å². The molecular formula is C14H15ClN2O. The Morgan fingerprint density at radius 3 is 3.06 bits per heavy atom. The zero-order valence-electron chi connectivity index (χ0n) is 10.2. The predicted molar refractivity (Wildman–Crippen MR) is 73.1 cm³/mol. The number of aromatic nitrogens is 1. The van der Waals surface area contributed by atoms with E-state index >= 15 is 0 Å². The molecule has 0 spiro atoms. The van der Waals surface area contributed by atoms with E-state index in [2.05, 4.69) is 16.4 Å². The molecule has 1 aliphatic rings. The van der Waals surface area contributed by atoms with Crippen LogP contribution >= 0.6 is 11.6 Å². The van der Waals surface area contributed by atoms with Gasteiger partial charge in [-0.05, 0) is 36.8 Å². The topological polar surface area (TPSA) is 34.1 Å². The number of nitrogens with one attached hydrogen (secondary N) is 1. The second-order valence-corrected chi connectivity index (χ2v) is 5.01. The van der Waals surface area contributed by atoms with Crippen LogP contribution in [0.15, 0.2) is 24.3 Å². The van der Waals surface area contributed by atoms with E-state index in [-0.39, 0.29) is 6.10 Å². The lowest BCUT2D eigenvalue weighted by Gasteiger charge is -2.25. The van der Waals surface area contributed by atoms with E-state index in [0.29, 0.717) is 0 Å². The van der Waals surface area contributed by atoms with Crippen molar-refractivity contribution in [3.63, 3.8) is 0 Å². The second-order valence-electron chi connectivity index (χ2n) is 4.58. The van der Waals surface area contributed by atoms with E-state index in [1.54, 1.807) is 0 Å². The molecule has 2 aromatic rings. The first kappa shape index (κ1) is 11.9. The Morgan fingerprint density at radius 2 is 2.28 bits per heavy atom. The summed E-state index contributed by atoms with van der Waals surface area (Å²) in [6, 6.07) is 7.90. The molecule has 1 saturated heterocycles. The van der Waals surface area contributed by atoms with Crippen LogP contribution in [0.2, 0.25) is 5.02 Å². The van der Waals surface area contributed by atoms with Gasteiger partial charge in [-0.25, -0.2) is 0 Å². The van der Waals surface area contributed by atoms with Gasteiger partial charge in [0.1, 0.15) is 0 Å². The molecule has 3 rings (SSSR count). The zero-order valence-corrected chi connectivity index (χ0v) is 11.0. The molecule has 0 saturated carbocycles. The van der Waals surface area contributed by atoms with Crippen LogP contribution in [0, 0.1) is 6.92 Å². The fraction of sp³-hybridized carbons (Fsp3) is 0.357. The van der Waals surface area contributed by atoms with Crippen LogP contribution in [0.4, 0.5) is 0 Å². The van der Waals surface area contributed by atoms with Gasteiger partial charge in [0.15, 0.2) is 0 Å². The number of ether oxygens (including phenoxy) is 1. The highest BCUT2D eigenvalue weighted by Gasteiger charge is 2.19. The molecule has 0 radical (unpaired) electrons. The third kappa shape index (κ3) is 2.21. The summed E-state index contributed by atoms with van der Waals surface area (Å²) in [4.78, 5) is 4.54. The molecule has 0 bridgehead atoms. The van der Waals surface area contributed by atoms with Gasteiger partial charge in [0, 0.05) is 29.2 Å². The quantitative estimate of drug-likeness (QED) is 0.858. The molecule has 3 nitrogen and oxygen atoms in total. The summed E-state index contributed by atoms with van der Waals surface area (Å²) in [6.07, 6.45) is 0.0846. The normalized spacial score (nSPS) is 20.2. The molecule has 1 fully saturated rings. The molecule has 94 valence electrons. The standard InChI is InChI=1S/C14H15ClN2O/c1-9-6-12(14-8-16-4-5-18-14)11-7-10(15)2-3-13(11)17-9/h2-3,6-7,14,16H,4-5,8H2,1H3. The van der Waals surface area contributed by atoms with Crippen molar-refractivity contribution in [2.24, 2.45) is 0 Å². The van der Waals surface area contributed by atoms with Crippen molar-refractivity contribution in [3.05, 3.63) is 40.5 Å². The fourth-order valence-electron chi connectivity index (χ4n) is 2.39. The Balaban J connectivity index is 2.16. The van der Waals surface area contributed by atoms with Gasteiger partial charge in [0.25, 0.3) is 0 Å². The number of nitrogens with zero attached hydrogens (tertiary/aromatic N) is 1. The number of morpholine rings is 1. The van der Waals surface area contributed by atoms with Crippen molar-refractivity contribution < 1.29 is 4.74 Å². The highest BCUT2D eigenvalue weighted by molar-refractivity contribution is 6.31. The minimum Gasteiger partial charge on any atom is -0.371 e. The number of aryl methyl sites for hydroxylation is 1. The summed E-state index contributed by atoms with van der Waals surface area (Å²) in [7, 11) is 0. The Kier molecular flexibility index (Phi) is 3.20. The van der Waals surface area contributed by atoms with Crippen molar-refractivity contribution in [1.82, 2.24) is 10.3 Å². The van der Waals surface area contributed by atoms with Crippen molar-refractivity contribution >= 4 is 22.5 Å². The van der Waals surface area contributed by atoms with Crippen LogP contribution in [0.5, 0.6) is 0 Å². The Hall–Kier alpha value is -1.16. The van der Waals surface area contributed by atoms with E-state index in [4.69, 9.17) is 16.3 Å². The summed E-state index contributed by atoms with van der Waals surface area (Å²) >= 11 is 6.09. The van der Waals surface area contributed by atoms with Gasteiger partial charge in [-0.2, -0.15) is 0 Å². The summed E-state index contributed by atoms with van der Waals surface area (Å²) in [5, 5.41) is 5.17. The van der Waals surface area contributed by atoms with Crippen molar-refractivity contribution in [2.45, 2.75) is 13.0 Å². The molecule has 1 unspecified atom stereocenters. The second kappa shape index (κ2) is 4.84. The first-order valence-electron chi connectivity index (χ1n) is 6.13. The average molecular weight is 263 g/mol. The highest BCUT2D eigenvalue weighted by Crippen LogP contribution is 2.29. The monoisotopic (exact) mass is 262 g/mol. The number of benzene rings is 1. The molecular weight excluding hydrogens is 248 g/mol. The van der Waals surface area contributed by atoms with Crippen molar-refractivity contribution in [1.29, 1.82) is 0 Å².